The Morgan fingerprint density at radius 3 is 2.70 bits per heavy atom. The second-order valence-corrected chi connectivity index (χ2v) is 7.65. The highest BCUT2D eigenvalue weighted by Gasteiger charge is 2.19. The minimum absolute atomic E-state index is 0.0378. The van der Waals surface area contributed by atoms with Crippen molar-refractivity contribution in [3.8, 4) is 5.88 Å². The molecule has 1 amide bonds. The van der Waals surface area contributed by atoms with Crippen LogP contribution in [-0.2, 0) is 16.0 Å². The predicted octanol–water partition coefficient (Wildman–Crippen LogP) is 2.45. The molecule has 1 N–H and O–H groups in total. The standard InChI is InChI=1S/C21H25ClN4O4/c22-18-12-16(14-25-21(18)30-17-2-7-28-8-3-17)20(27)24-13-15-1-4-23-19(11-15)26-5-9-29-10-6-26/h1,4,11-12,14,17H,2-3,5-10,13H2,(H,24,27). The van der Waals surface area contributed by atoms with Crippen LogP contribution >= 0.6 is 11.6 Å². The molecule has 2 fully saturated rings. The molecule has 0 spiro atoms. The summed E-state index contributed by atoms with van der Waals surface area (Å²) in [7, 11) is 0. The zero-order valence-electron chi connectivity index (χ0n) is 16.7. The second kappa shape index (κ2) is 10.1. The molecule has 0 atom stereocenters. The molecular weight excluding hydrogens is 408 g/mol. The lowest BCUT2D eigenvalue weighted by Gasteiger charge is -2.28. The van der Waals surface area contributed by atoms with Gasteiger partial charge in [-0.3, -0.25) is 4.79 Å². The average Bonchev–Trinajstić information content (AvgIpc) is 2.80. The van der Waals surface area contributed by atoms with Crippen molar-refractivity contribution in [1.29, 1.82) is 0 Å². The van der Waals surface area contributed by atoms with E-state index in [4.69, 9.17) is 25.8 Å². The van der Waals surface area contributed by atoms with Crippen molar-refractivity contribution in [2.24, 2.45) is 0 Å². The third-order valence-electron chi connectivity index (χ3n) is 5.11. The first kappa shape index (κ1) is 20.8. The van der Waals surface area contributed by atoms with Gasteiger partial charge in [0.05, 0.1) is 32.0 Å². The number of carbonyl (C=O) groups is 1. The van der Waals surface area contributed by atoms with Crippen molar-refractivity contribution >= 4 is 23.3 Å². The summed E-state index contributed by atoms with van der Waals surface area (Å²) in [6.07, 6.45) is 4.89. The van der Waals surface area contributed by atoms with Crippen LogP contribution in [0.3, 0.4) is 0 Å². The van der Waals surface area contributed by atoms with Gasteiger partial charge in [0.1, 0.15) is 16.9 Å². The molecule has 0 saturated carbocycles. The number of hydrogen-bond acceptors (Lipinski definition) is 7. The number of nitrogens with zero attached hydrogens (tertiary/aromatic N) is 3. The second-order valence-electron chi connectivity index (χ2n) is 7.24. The van der Waals surface area contributed by atoms with Gasteiger partial charge >= 0.3 is 0 Å². The molecule has 0 aliphatic carbocycles. The summed E-state index contributed by atoms with van der Waals surface area (Å²) in [5, 5.41) is 3.23. The maximum absolute atomic E-state index is 12.5. The van der Waals surface area contributed by atoms with Gasteiger partial charge < -0.3 is 24.4 Å². The largest absolute Gasteiger partial charge is 0.473 e. The summed E-state index contributed by atoms with van der Waals surface area (Å²) in [5.41, 5.74) is 1.36. The SMILES string of the molecule is O=C(NCc1ccnc(N2CCOCC2)c1)c1cnc(OC2CCOCC2)c(Cl)c1. The highest BCUT2D eigenvalue weighted by Crippen LogP contribution is 2.25. The smallest absolute Gasteiger partial charge is 0.253 e. The van der Waals surface area contributed by atoms with Gasteiger partial charge in [-0.15, -0.1) is 0 Å². The van der Waals surface area contributed by atoms with E-state index in [1.807, 2.05) is 12.1 Å². The molecule has 0 radical (unpaired) electrons. The van der Waals surface area contributed by atoms with E-state index in [9.17, 15) is 4.79 Å². The molecule has 0 bridgehead atoms. The van der Waals surface area contributed by atoms with E-state index >= 15 is 0 Å². The van der Waals surface area contributed by atoms with E-state index in [1.165, 1.54) is 6.20 Å². The van der Waals surface area contributed by atoms with Crippen LogP contribution in [0.15, 0.2) is 30.6 Å². The summed E-state index contributed by atoms with van der Waals surface area (Å²) in [4.78, 5) is 23.4. The van der Waals surface area contributed by atoms with Crippen LogP contribution in [0, 0.1) is 0 Å². The molecule has 2 aromatic rings. The lowest BCUT2D eigenvalue weighted by molar-refractivity contribution is 0.0238. The molecule has 30 heavy (non-hydrogen) atoms. The lowest BCUT2D eigenvalue weighted by Crippen LogP contribution is -2.36. The van der Waals surface area contributed by atoms with E-state index < -0.39 is 0 Å². The fourth-order valence-electron chi connectivity index (χ4n) is 3.41. The lowest BCUT2D eigenvalue weighted by atomic mass is 10.1. The molecule has 2 aromatic heterocycles. The number of morpholine rings is 1. The Kier molecular flexibility index (Phi) is 6.99. The Labute approximate surface area is 180 Å². The molecule has 4 rings (SSSR count). The number of hydrogen-bond donors (Lipinski definition) is 1. The molecule has 9 heteroatoms. The summed E-state index contributed by atoms with van der Waals surface area (Å²) < 4.78 is 16.6. The summed E-state index contributed by atoms with van der Waals surface area (Å²) >= 11 is 6.29. The number of pyridine rings is 2. The van der Waals surface area contributed by atoms with Crippen molar-refractivity contribution in [2.45, 2.75) is 25.5 Å². The van der Waals surface area contributed by atoms with Gasteiger partial charge in [-0.25, -0.2) is 9.97 Å². The molecular formula is C21H25ClN4O4. The molecule has 2 aliphatic rings. The van der Waals surface area contributed by atoms with Gasteiger partial charge in [-0.05, 0) is 23.8 Å². The number of anilines is 1. The minimum atomic E-state index is -0.244. The molecule has 0 unspecified atom stereocenters. The molecule has 8 nitrogen and oxygen atoms in total. The van der Waals surface area contributed by atoms with Crippen LogP contribution in [0.2, 0.25) is 5.02 Å². The van der Waals surface area contributed by atoms with Crippen LogP contribution < -0.4 is 15.0 Å². The van der Waals surface area contributed by atoms with Crippen LogP contribution in [0.1, 0.15) is 28.8 Å². The zero-order chi connectivity index (χ0) is 20.8. The van der Waals surface area contributed by atoms with Gasteiger partial charge in [0.2, 0.25) is 5.88 Å². The van der Waals surface area contributed by atoms with Crippen molar-refractivity contribution in [3.63, 3.8) is 0 Å². The Bertz CT molecular complexity index is 870. The van der Waals surface area contributed by atoms with Gasteiger partial charge in [0, 0.05) is 44.9 Å². The quantitative estimate of drug-likeness (QED) is 0.750. The van der Waals surface area contributed by atoms with E-state index in [2.05, 4.69) is 20.2 Å². The number of ether oxygens (including phenoxy) is 3. The topological polar surface area (TPSA) is 85.8 Å². The van der Waals surface area contributed by atoms with Crippen molar-refractivity contribution < 1.29 is 19.0 Å². The summed E-state index contributed by atoms with van der Waals surface area (Å²) in [6, 6.07) is 5.46. The van der Waals surface area contributed by atoms with Crippen LogP contribution in [0.25, 0.3) is 0 Å². The Balaban J connectivity index is 1.34. The number of amides is 1. The monoisotopic (exact) mass is 432 g/mol. The van der Waals surface area contributed by atoms with Gasteiger partial charge in [-0.2, -0.15) is 0 Å². The highest BCUT2D eigenvalue weighted by molar-refractivity contribution is 6.32. The van der Waals surface area contributed by atoms with Crippen LogP contribution in [-0.4, -0.2) is 61.5 Å². The number of rotatable bonds is 6. The number of aromatic nitrogens is 2. The van der Waals surface area contributed by atoms with Crippen molar-refractivity contribution in [1.82, 2.24) is 15.3 Å². The van der Waals surface area contributed by atoms with Crippen molar-refractivity contribution in [2.75, 3.05) is 44.4 Å². The molecule has 160 valence electrons. The number of carbonyl (C=O) groups excluding carboxylic acids is 1. The summed E-state index contributed by atoms with van der Waals surface area (Å²) in [5.74, 6) is 1.00. The molecule has 0 aromatic carbocycles. The molecule has 4 heterocycles. The van der Waals surface area contributed by atoms with E-state index in [1.54, 1.807) is 12.3 Å². The highest BCUT2D eigenvalue weighted by atomic mass is 35.5. The first-order chi connectivity index (χ1) is 14.7. The number of nitrogens with one attached hydrogen (secondary N) is 1. The first-order valence-corrected chi connectivity index (χ1v) is 10.5. The third-order valence-corrected chi connectivity index (χ3v) is 5.39. The fourth-order valence-corrected chi connectivity index (χ4v) is 3.62. The maximum atomic E-state index is 12.5. The number of halogens is 1. The van der Waals surface area contributed by atoms with Crippen molar-refractivity contribution in [3.05, 3.63) is 46.7 Å². The molecule has 2 aliphatic heterocycles. The fraction of sp³-hybridized carbons (Fsp3) is 0.476. The Hall–Kier alpha value is -2.42. The molecule has 2 saturated heterocycles. The van der Waals surface area contributed by atoms with E-state index in [-0.39, 0.29) is 12.0 Å². The summed E-state index contributed by atoms with van der Waals surface area (Å²) in [6.45, 7) is 4.76. The normalized spacial score (nSPS) is 17.6. The first-order valence-electron chi connectivity index (χ1n) is 10.1. The minimum Gasteiger partial charge on any atom is -0.473 e. The predicted molar refractivity (Wildman–Crippen MR) is 112 cm³/mol. The van der Waals surface area contributed by atoms with Gasteiger partial charge in [-0.1, -0.05) is 11.6 Å². The van der Waals surface area contributed by atoms with E-state index in [0.29, 0.717) is 49.4 Å². The van der Waals surface area contributed by atoms with E-state index in [0.717, 1.165) is 37.3 Å². The maximum Gasteiger partial charge on any atom is 0.253 e. The Morgan fingerprint density at radius 2 is 1.93 bits per heavy atom. The van der Waals surface area contributed by atoms with Crippen LogP contribution in [0.4, 0.5) is 5.82 Å². The van der Waals surface area contributed by atoms with Gasteiger partial charge in [0.25, 0.3) is 5.91 Å². The van der Waals surface area contributed by atoms with Gasteiger partial charge in [0.15, 0.2) is 0 Å². The van der Waals surface area contributed by atoms with Crippen LogP contribution in [0.5, 0.6) is 5.88 Å². The Morgan fingerprint density at radius 1 is 1.17 bits per heavy atom. The average molecular weight is 433 g/mol. The zero-order valence-corrected chi connectivity index (χ0v) is 17.4. The third kappa shape index (κ3) is 5.38.